The van der Waals surface area contributed by atoms with Crippen LogP contribution in [0.2, 0.25) is 4.34 Å². The summed E-state index contributed by atoms with van der Waals surface area (Å²) in [6.45, 7) is 2.85. The number of rotatable bonds is 5. The highest BCUT2D eigenvalue weighted by atomic mass is 35.5. The van der Waals surface area contributed by atoms with Gasteiger partial charge in [0.1, 0.15) is 11.6 Å². The molecule has 0 aromatic carbocycles. The highest BCUT2D eigenvalue weighted by Gasteiger charge is 2.23. The van der Waals surface area contributed by atoms with Gasteiger partial charge < -0.3 is 9.88 Å². The summed E-state index contributed by atoms with van der Waals surface area (Å²) in [6.07, 6.45) is 3.92. The summed E-state index contributed by atoms with van der Waals surface area (Å²) in [7, 11) is 0. The van der Waals surface area contributed by atoms with Crippen LogP contribution in [-0.4, -0.2) is 26.7 Å². The first-order chi connectivity index (χ1) is 10.7. The van der Waals surface area contributed by atoms with Crippen molar-refractivity contribution >= 4 is 28.8 Å². The monoisotopic (exact) mass is 338 g/mol. The predicted octanol–water partition coefficient (Wildman–Crippen LogP) is 2.62. The molecular weight excluding hydrogens is 320 g/mol. The highest BCUT2D eigenvalue weighted by Crippen LogP contribution is 2.22. The molecule has 3 heterocycles. The van der Waals surface area contributed by atoms with Crippen molar-refractivity contribution in [2.24, 2.45) is 0 Å². The summed E-state index contributed by atoms with van der Waals surface area (Å²) in [5.74, 6) is 2.14. The smallest absolute Gasteiger partial charge is 0.220 e. The second kappa shape index (κ2) is 6.79. The fraction of sp³-hybridized carbons (Fsp3) is 0.533. The second-order valence-electron chi connectivity index (χ2n) is 5.51. The summed E-state index contributed by atoms with van der Waals surface area (Å²) in [6, 6.07) is 4.03. The number of aryl methyl sites for hydroxylation is 3. The maximum atomic E-state index is 12.1. The van der Waals surface area contributed by atoms with Crippen molar-refractivity contribution in [1.29, 1.82) is 0 Å². The Hall–Kier alpha value is -1.40. The molecule has 5 nitrogen and oxygen atoms in total. The fourth-order valence-corrected chi connectivity index (χ4v) is 3.87. The molecule has 1 N–H and O–H groups in total. The van der Waals surface area contributed by atoms with Gasteiger partial charge >= 0.3 is 0 Å². The quantitative estimate of drug-likeness (QED) is 0.911. The molecule has 0 aliphatic carbocycles. The molecule has 1 aliphatic rings. The van der Waals surface area contributed by atoms with Gasteiger partial charge in [0.05, 0.1) is 4.34 Å². The number of nitrogens with zero attached hydrogens (tertiary/aromatic N) is 3. The van der Waals surface area contributed by atoms with E-state index >= 15 is 0 Å². The van der Waals surface area contributed by atoms with Gasteiger partial charge in [-0.05, 0) is 25.0 Å². The van der Waals surface area contributed by atoms with Crippen LogP contribution in [0.25, 0.3) is 0 Å². The van der Waals surface area contributed by atoms with Crippen molar-refractivity contribution in [3.05, 3.63) is 33.0 Å². The summed E-state index contributed by atoms with van der Waals surface area (Å²) in [4.78, 5) is 13.3. The molecule has 1 atom stereocenters. The van der Waals surface area contributed by atoms with E-state index in [1.165, 1.54) is 11.3 Å². The van der Waals surface area contributed by atoms with Crippen LogP contribution in [0.3, 0.4) is 0 Å². The van der Waals surface area contributed by atoms with E-state index in [2.05, 4.69) is 27.0 Å². The summed E-state index contributed by atoms with van der Waals surface area (Å²) in [5.41, 5.74) is 0. The topological polar surface area (TPSA) is 59.8 Å². The molecule has 1 amide bonds. The van der Waals surface area contributed by atoms with Gasteiger partial charge in [-0.3, -0.25) is 4.79 Å². The normalized spacial score (nSPS) is 17.3. The molecule has 3 rings (SSSR count). The van der Waals surface area contributed by atoms with Crippen molar-refractivity contribution < 1.29 is 4.79 Å². The number of hydrogen-bond donors (Lipinski definition) is 1. The molecule has 0 bridgehead atoms. The molecule has 1 aliphatic heterocycles. The van der Waals surface area contributed by atoms with Crippen LogP contribution in [0, 0.1) is 0 Å². The van der Waals surface area contributed by atoms with E-state index in [1.807, 2.05) is 12.1 Å². The van der Waals surface area contributed by atoms with Gasteiger partial charge in [0.25, 0.3) is 0 Å². The van der Waals surface area contributed by atoms with Crippen molar-refractivity contribution in [3.8, 4) is 0 Å². The first-order valence-electron chi connectivity index (χ1n) is 7.60. The van der Waals surface area contributed by atoms with Gasteiger partial charge in [0, 0.05) is 36.7 Å². The van der Waals surface area contributed by atoms with E-state index in [0.29, 0.717) is 6.42 Å². The predicted molar refractivity (Wildman–Crippen MR) is 87.3 cm³/mol. The lowest BCUT2D eigenvalue weighted by atomic mass is 10.1. The van der Waals surface area contributed by atoms with Gasteiger partial charge in [0.2, 0.25) is 5.91 Å². The Balaban J connectivity index is 1.52. The third-order valence-corrected chi connectivity index (χ3v) is 5.22. The lowest BCUT2D eigenvalue weighted by Crippen LogP contribution is -2.41. The van der Waals surface area contributed by atoms with E-state index in [4.69, 9.17) is 11.6 Å². The molecule has 0 saturated carbocycles. The molecular formula is C15H19ClN4OS. The highest BCUT2D eigenvalue weighted by molar-refractivity contribution is 7.16. The zero-order valence-electron chi connectivity index (χ0n) is 12.5. The Labute approximate surface area is 138 Å². The molecule has 118 valence electrons. The van der Waals surface area contributed by atoms with Crippen LogP contribution in [0.15, 0.2) is 12.1 Å². The van der Waals surface area contributed by atoms with Gasteiger partial charge in [0.15, 0.2) is 0 Å². The van der Waals surface area contributed by atoms with Crippen LogP contribution in [-0.2, 0) is 30.6 Å². The average Bonchev–Trinajstić information content (AvgIpc) is 3.10. The third kappa shape index (κ3) is 3.50. The Bertz CT molecular complexity index is 653. The zero-order valence-corrected chi connectivity index (χ0v) is 14.1. The van der Waals surface area contributed by atoms with E-state index in [9.17, 15) is 4.79 Å². The van der Waals surface area contributed by atoms with Gasteiger partial charge in [-0.1, -0.05) is 18.5 Å². The average molecular weight is 339 g/mol. The largest absolute Gasteiger partial charge is 0.352 e. The number of carbonyl (C=O) groups is 1. The zero-order chi connectivity index (χ0) is 15.5. The number of thiophene rings is 1. The van der Waals surface area contributed by atoms with E-state index in [1.54, 1.807) is 0 Å². The third-order valence-electron chi connectivity index (χ3n) is 3.93. The number of nitrogens with one attached hydrogen (secondary N) is 1. The van der Waals surface area contributed by atoms with E-state index in [-0.39, 0.29) is 11.9 Å². The lowest BCUT2D eigenvalue weighted by molar-refractivity contribution is -0.121. The Morgan fingerprint density at radius 3 is 3.09 bits per heavy atom. The van der Waals surface area contributed by atoms with Crippen LogP contribution in [0.1, 0.15) is 36.3 Å². The minimum absolute atomic E-state index is 0.101. The summed E-state index contributed by atoms with van der Waals surface area (Å²) < 4.78 is 2.92. The van der Waals surface area contributed by atoms with Crippen molar-refractivity contribution in [1.82, 2.24) is 20.1 Å². The van der Waals surface area contributed by atoms with Crippen LogP contribution in [0.4, 0.5) is 0 Å². The summed E-state index contributed by atoms with van der Waals surface area (Å²) >= 11 is 7.44. The Morgan fingerprint density at radius 1 is 1.50 bits per heavy atom. The second-order valence-corrected chi connectivity index (χ2v) is 7.31. The standard InChI is InChI=1S/C15H19ClN4OS/c1-2-13-18-19-14-7-3-10(9-20(13)14)17-15(21)8-5-11-4-6-12(16)22-11/h4,6,10H,2-3,5,7-9H2,1H3,(H,17,21). The SMILES string of the molecule is CCc1nnc2n1CC(NC(=O)CCc1ccc(Cl)s1)CC2. The molecule has 7 heteroatoms. The molecule has 0 fully saturated rings. The maximum absolute atomic E-state index is 12.1. The summed E-state index contributed by atoms with van der Waals surface area (Å²) in [5, 5.41) is 11.5. The molecule has 22 heavy (non-hydrogen) atoms. The van der Waals surface area contributed by atoms with Gasteiger partial charge in [-0.25, -0.2) is 0 Å². The number of amides is 1. The van der Waals surface area contributed by atoms with Gasteiger partial charge in [-0.2, -0.15) is 0 Å². The molecule has 0 spiro atoms. The molecule has 2 aromatic rings. The first kappa shape index (κ1) is 15.5. The first-order valence-corrected chi connectivity index (χ1v) is 8.79. The Morgan fingerprint density at radius 2 is 2.36 bits per heavy atom. The van der Waals surface area contributed by atoms with E-state index in [0.717, 1.165) is 53.1 Å². The van der Waals surface area contributed by atoms with E-state index < -0.39 is 0 Å². The number of hydrogen-bond acceptors (Lipinski definition) is 4. The molecule has 1 unspecified atom stereocenters. The van der Waals surface area contributed by atoms with Crippen LogP contribution >= 0.6 is 22.9 Å². The van der Waals surface area contributed by atoms with Gasteiger partial charge in [-0.15, -0.1) is 21.5 Å². The van der Waals surface area contributed by atoms with Crippen LogP contribution < -0.4 is 5.32 Å². The van der Waals surface area contributed by atoms with Crippen molar-refractivity contribution in [2.45, 2.75) is 51.6 Å². The van der Waals surface area contributed by atoms with Crippen molar-refractivity contribution in [2.75, 3.05) is 0 Å². The molecule has 0 saturated heterocycles. The Kier molecular flexibility index (Phi) is 4.78. The minimum atomic E-state index is 0.101. The van der Waals surface area contributed by atoms with Crippen molar-refractivity contribution in [3.63, 3.8) is 0 Å². The molecule has 2 aromatic heterocycles. The maximum Gasteiger partial charge on any atom is 0.220 e. The molecule has 0 radical (unpaired) electrons. The number of carbonyl (C=O) groups excluding carboxylic acids is 1. The van der Waals surface area contributed by atoms with Crippen LogP contribution in [0.5, 0.6) is 0 Å². The minimum Gasteiger partial charge on any atom is -0.352 e. The lowest BCUT2D eigenvalue weighted by Gasteiger charge is -2.25. The fourth-order valence-electron chi connectivity index (χ4n) is 2.79. The number of aromatic nitrogens is 3. The number of fused-ring (bicyclic) bond motifs is 1. The number of halogens is 1.